The van der Waals surface area contributed by atoms with Gasteiger partial charge in [0, 0.05) is 6.42 Å². The van der Waals surface area contributed by atoms with E-state index in [0.29, 0.717) is 6.42 Å². The van der Waals surface area contributed by atoms with Gasteiger partial charge in [0.05, 0.1) is 0 Å². The van der Waals surface area contributed by atoms with E-state index in [9.17, 15) is 4.79 Å². The van der Waals surface area contributed by atoms with Gasteiger partial charge in [0.1, 0.15) is 0 Å². The molecule has 0 unspecified atom stereocenters. The Labute approximate surface area is 95.5 Å². The lowest BCUT2D eigenvalue weighted by Crippen LogP contribution is -2.16. The number of hydrogen-bond donors (Lipinski definition) is 2. The minimum absolute atomic E-state index is 0.219. The van der Waals surface area contributed by atoms with Crippen molar-refractivity contribution in [3.8, 4) is 0 Å². The molecule has 2 N–H and O–H groups in total. The summed E-state index contributed by atoms with van der Waals surface area (Å²) < 4.78 is 0. The number of aliphatic carboxylic acids is 1. The quantitative estimate of drug-likeness (QED) is 0.807. The normalized spacial score (nSPS) is 15.2. The maximum absolute atomic E-state index is 10.5. The van der Waals surface area contributed by atoms with E-state index in [4.69, 9.17) is 5.11 Å². The van der Waals surface area contributed by atoms with E-state index < -0.39 is 5.97 Å². The molecule has 1 aliphatic heterocycles. The number of benzene rings is 1. The molecule has 0 spiro atoms. The standard InChI is InChI=1S/C13H17NO2/c15-13(16)4-2-10-1-3-11-5-7-14-8-6-12(11)9-10/h1,3,9,14H,2,4-8H2,(H,15,16). The Kier molecular flexibility index (Phi) is 3.57. The summed E-state index contributed by atoms with van der Waals surface area (Å²) in [6, 6.07) is 6.39. The van der Waals surface area contributed by atoms with Crippen LogP contribution >= 0.6 is 0 Å². The number of carboxylic acids is 1. The van der Waals surface area contributed by atoms with Crippen LogP contribution in [0.2, 0.25) is 0 Å². The van der Waals surface area contributed by atoms with Gasteiger partial charge >= 0.3 is 5.97 Å². The van der Waals surface area contributed by atoms with E-state index in [2.05, 4.69) is 23.5 Å². The molecule has 3 nitrogen and oxygen atoms in total. The number of hydrogen-bond acceptors (Lipinski definition) is 2. The summed E-state index contributed by atoms with van der Waals surface area (Å²) in [7, 11) is 0. The van der Waals surface area contributed by atoms with E-state index in [1.165, 1.54) is 11.1 Å². The SMILES string of the molecule is O=C(O)CCc1ccc2c(c1)CCNCC2. The minimum atomic E-state index is -0.725. The van der Waals surface area contributed by atoms with Crippen molar-refractivity contribution in [1.82, 2.24) is 5.32 Å². The average Bonchev–Trinajstić information content (AvgIpc) is 2.50. The zero-order chi connectivity index (χ0) is 11.4. The van der Waals surface area contributed by atoms with Crippen LogP contribution in [0.4, 0.5) is 0 Å². The van der Waals surface area contributed by atoms with Gasteiger partial charge < -0.3 is 10.4 Å². The van der Waals surface area contributed by atoms with Crippen LogP contribution in [0.3, 0.4) is 0 Å². The first-order chi connectivity index (χ1) is 7.75. The van der Waals surface area contributed by atoms with Crippen LogP contribution in [0.25, 0.3) is 0 Å². The van der Waals surface area contributed by atoms with E-state index in [1.807, 2.05) is 0 Å². The van der Waals surface area contributed by atoms with Crippen molar-refractivity contribution in [2.45, 2.75) is 25.7 Å². The van der Waals surface area contributed by atoms with Crippen molar-refractivity contribution in [3.63, 3.8) is 0 Å². The van der Waals surface area contributed by atoms with E-state index in [-0.39, 0.29) is 6.42 Å². The second-order valence-corrected chi connectivity index (χ2v) is 4.25. The summed E-state index contributed by atoms with van der Waals surface area (Å²) in [6.07, 6.45) is 2.98. The summed E-state index contributed by atoms with van der Waals surface area (Å²) in [5, 5.41) is 12.0. The maximum Gasteiger partial charge on any atom is 0.303 e. The van der Waals surface area contributed by atoms with Crippen LogP contribution in [-0.2, 0) is 24.1 Å². The van der Waals surface area contributed by atoms with Crippen molar-refractivity contribution in [3.05, 3.63) is 34.9 Å². The molecule has 0 fully saturated rings. The molecule has 0 aromatic heterocycles. The van der Waals surface area contributed by atoms with Crippen molar-refractivity contribution >= 4 is 5.97 Å². The molecule has 16 heavy (non-hydrogen) atoms. The second-order valence-electron chi connectivity index (χ2n) is 4.25. The Hall–Kier alpha value is -1.35. The van der Waals surface area contributed by atoms with E-state index >= 15 is 0 Å². The van der Waals surface area contributed by atoms with Crippen molar-refractivity contribution in [2.75, 3.05) is 13.1 Å². The van der Waals surface area contributed by atoms with Gasteiger partial charge in [0.25, 0.3) is 0 Å². The lowest BCUT2D eigenvalue weighted by Gasteiger charge is -2.07. The van der Waals surface area contributed by atoms with Crippen LogP contribution in [0.5, 0.6) is 0 Å². The lowest BCUT2D eigenvalue weighted by molar-refractivity contribution is -0.136. The average molecular weight is 219 g/mol. The molecule has 1 aromatic rings. The number of carboxylic acid groups (broad SMARTS) is 1. The lowest BCUT2D eigenvalue weighted by atomic mass is 9.98. The molecule has 0 bridgehead atoms. The first kappa shape index (κ1) is 11.1. The third-order valence-electron chi connectivity index (χ3n) is 3.04. The molecule has 0 aliphatic carbocycles. The molecule has 0 atom stereocenters. The molecule has 1 aromatic carbocycles. The summed E-state index contributed by atoms with van der Waals surface area (Å²) in [4.78, 5) is 10.5. The Morgan fingerprint density at radius 3 is 2.75 bits per heavy atom. The fourth-order valence-corrected chi connectivity index (χ4v) is 2.13. The van der Waals surface area contributed by atoms with Crippen molar-refractivity contribution < 1.29 is 9.90 Å². The van der Waals surface area contributed by atoms with Gasteiger partial charge in [-0.1, -0.05) is 18.2 Å². The summed E-state index contributed by atoms with van der Waals surface area (Å²) in [5.41, 5.74) is 3.93. The highest BCUT2D eigenvalue weighted by Crippen LogP contribution is 2.16. The second kappa shape index (κ2) is 5.12. The number of carbonyl (C=O) groups is 1. The zero-order valence-electron chi connectivity index (χ0n) is 9.33. The molecular weight excluding hydrogens is 202 g/mol. The van der Waals surface area contributed by atoms with E-state index in [1.54, 1.807) is 0 Å². The molecule has 86 valence electrons. The minimum Gasteiger partial charge on any atom is -0.481 e. The van der Waals surface area contributed by atoms with Crippen LogP contribution in [-0.4, -0.2) is 24.2 Å². The van der Waals surface area contributed by atoms with Crippen LogP contribution < -0.4 is 5.32 Å². The molecule has 0 saturated carbocycles. The molecule has 1 aliphatic rings. The number of nitrogens with one attached hydrogen (secondary N) is 1. The van der Waals surface area contributed by atoms with E-state index in [0.717, 1.165) is 31.5 Å². The Morgan fingerprint density at radius 2 is 2.00 bits per heavy atom. The smallest absolute Gasteiger partial charge is 0.303 e. The summed E-state index contributed by atoms with van der Waals surface area (Å²) in [6.45, 7) is 2.07. The van der Waals surface area contributed by atoms with Gasteiger partial charge in [0.15, 0.2) is 0 Å². The molecule has 0 amide bonds. The predicted octanol–water partition coefficient (Wildman–Crippen LogP) is 1.39. The summed E-state index contributed by atoms with van der Waals surface area (Å²) >= 11 is 0. The fraction of sp³-hybridized carbons (Fsp3) is 0.462. The molecule has 2 rings (SSSR count). The van der Waals surface area contributed by atoms with Crippen LogP contribution in [0.15, 0.2) is 18.2 Å². The first-order valence-corrected chi connectivity index (χ1v) is 5.79. The largest absolute Gasteiger partial charge is 0.481 e. The van der Waals surface area contributed by atoms with Gasteiger partial charge in [-0.05, 0) is 49.0 Å². The van der Waals surface area contributed by atoms with Crippen molar-refractivity contribution in [2.24, 2.45) is 0 Å². The fourth-order valence-electron chi connectivity index (χ4n) is 2.13. The highest BCUT2D eigenvalue weighted by Gasteiger charge is 2.08. The number of rotatable bonds is 3. The maximum atomic E-state index is 10.5. The van der Waals surface area contributed by atoms with Crippen LogP contribution in [0.1, 0.15) is 23.1 Å². The highest BCUT2D eigenvalue weighted by atomic mass is 16.4. The third-order valence-corrected chi connectivity index (χ3v) is 3.04. The monoisotopic (exact) mass is 219 g/mol. The van der Waals surface area contributed by atoms with Gasteiger partial charge in [-0.2, -0.15) is 0 Å². The number of aryl methyl sites for hydroxylation is 1. The van der Waals surface area contributed by atoms with Gasteiger partial charge in [-0.15, -0.1) is 0 Å². The Bertz CT molecular complexity index is 388. The first-order valence-electron chi connectivity index (χ1n) is 5.79. The highest BCUT2D eigenvalue weighted by molar-refractivity contribution is 5.67. The summed E-state index contributed by atoms with van der Waals surface area (Å²) in [5.74, 6) is -0.725. The predicted molar refractivity (Wildman–Crippen MR) is 62.7 cm³/mol. The van der Waals surface area contributed by atoms with Crippen molar-refractivity contribution in [1.29, 1.82) is 0 Å². The Morgan fingerprint density at radius 1 is 1.25 bits per heavy atom. The molecule has 3 heteroatoms. The number of fused-ring (bicyclic) bond motifs is 1. The van der Waals surface area contributed by atoms with Crippen LogP contribution in [0, 0.1) is 0 Å². The van der Waals surface area contributed by atoms with Gasteiger partial charge in [0.2, 0.25) is 0 Å². The van der Waals surface area contributed by atoms with Gasteiger partial charge in [-0.25, -0.2) is 0 Å². The third kappa shape index (κ3) is 2.83. The topological polar surface area (TPSA) is 49.3 Å². The van der Waals surface area contributed by atoms with Gasteiger partial charge in [-0.3, -0.25) is 4.79 Å². The molecule has 0 saturated heterocycles. The Balaban J connectivity index is 2.11. The zero-order valence-corrected chi connectivity index (χ0v) is 9.33. The molecule has 0 radical (unpaired) electrons. The molecule has 1 heterocycles. The molecular formula is C13H17NO2.